The zero-order valence-electron chi connectivity index (χ0n) is 16.0. The lowest BCUT2D eigenvalue weighted by Gasteiger charge is -2.02. The second-order valence-corrected chi connectivity index (χ2v) is 7.67. The summed E-state index contributed by atoms with van der Waals surface area (Å²) in [4.78, 5) is 4.61. The maximum absolute atomic E-state index is 4.61. The number of nitrogens with one attached hydrogen (secondary N) is 1. The lowest BCUT2D eigenvalue weighted by atomic mass is 10.1. The number of thiazole rings is 1. The molecular weight excluding hydrogens is 376 g/mol. The van der Waals surface area contributed by atoms with Crippen LogP contribution < -0.4 is 5.43 Å². The molecule has 0 bridgehead atoms. The molecule has 0 atom stereocenters. The van der Waals surface area contributed by atoms with Gasteiger partial charge in [-0.15, -0.1) is 11.3 Å². The summed E-state index contributed by atoms with van der Waals surface area (Å²) >= 11 is 1.55. The van der Waals surface area contributed by atoms with Crippen molar-refractivity contribution in [3.63, 3.8) is 0 Å². The quantitative estimate of drug-likeness (QED) is 0.276. The number of para-hydroxylation sites is 1. The van der Waals surface area contributed by atoms with E-state index >= 15 is 0 Å². The van der Waals surface area contributed by atoms with E-state index in [9.17, 15) is 0 Å². The summed E-state index contributed by atoms with van der Waals surface area (Å²) in [5.74, 6) is 0. The second kappa shape index (κ2) is 7.53. The van der Waals surface area contributed by atoms with Crippen LogP contribution in [0.5, 0.6) is 0 Å². The Kier molecular flexibility index (Phi) is 4.58. The first-order valence-corrected chi connectivity index (χ1v) is 10.5. The first-order chi connectivity index (χ1) is 14.3. The standard InChI is InChI=1S/C24H20N4S/c1-2-28-22-11-7-6-10-19(22)20-14-17(12-13-23(20)28)15-25-27-24-26-21(16-29-24)18-8-4-3-5-9-18/h3-16H,2H2,1H3,(H,26,27)/b25-15+. The maximum atomic E-state index is 4.61. The monoisotopic (exact) mass is 396 g/mol. The molecule has 2 heterocycles. The Morgan fingerprint density at radius 2 is 1.76 bits per heavy atom. The number of fused-ring (bicyclic) bond motifs is 3. The van der Waals surface area contributed by atoms with Crippen molar-refractivity contribution in [2.45, 2.75) is 13.5 Å². The lowest BCUT2D eigenvalue weighted by Crippen LogP contribution is -1.93. The van der Waals surface area contributed by atoms with Gasteiger partial charge < -0.3 is 4.57 Å². The van der Waals surface area contributed by atoms with Crippen molar-refractivity contribution >= 4 is 44.5 Å². The number of hydrogen-bond acceptors (Lipinski definition) is 4. The molecule has 0 spiro atoms. The molecule has 0 radical (unpaired) electrons. The Hall–Kier alpha value is -3.44. The normalized spacial score (nSPS) is 11.6. The van der Waals surface area contributed by atoms with Crippen LogP contribution in [0.4, 0.5) is 5.13 Å². The van der Waals surface area contributed by atoms with E-state index in [4.69, 9.17) is 0 Å². The van der Waals surface area contributed by atoms with Crippen molar-refractivity contribution in [3.8, 4) is 11.3 Å². The first-order valence-electron chi connectivity index (χ1n) is 9.64. The topological polar surface area (TPSA) is 42.2 Å². The summed E-state index contributed by atoms with van der Waals surface area (Å²) in [6.45, 7) is 3.13. The van der Waals surface area contributed by atoms with Crippen molar-refractivity contribution in [1.82, 2.24) is 9.55 Å². The van der Waals surface area contributed by atoms with Gasteiger partial charge in [0.1, 0.15) is 0 Å². The van der Waals surface area contributed by atoms with E-state index in [0.717, 1.165) is 28.5 Å². The number of benzene rings is 3. The van der Waals surface area contributed by atoms with E-state index in [2.05, 4.69) is 81.6 Å². The number of aromatic nitrogens is 2. The maximum Gasteiger partial charge on any atom is 0.203 e. The summed E-state index contributed by atoms with van der Waals surface area (Å²) in [6.07, 6.45) is 1.85. The van der Waals surface area contributed by atoms with Crippen molar-refractivity contribution in [2.75, 3.05) is 5.43 Å². The fourth-order valence-corrected chi connectivity index (χ4v) is 4.39. The van der Waals surface area contributed by atoms with Gasteiger partial charge >= 0.3 is 0 Å². The molecule has 29 heavy (non-hydrogen) atoms. The Labute approximate surface area is 173 Å². The molecule has 0 unspecified atom stereocenters. The van der Waals surface area contributed by atoms with Crippen LogP contribution in [0.2, 0.25) is 0 Å². The Morgan fingerprint density at radius 3 is 2.62 bits per heavy atom. The van der Waals surface area contributed by atoms with Crippen molar-refractivity contribution in [1.29, 1.82) is 0 Å². The minimum atomic E-state index is 0.781. The zero-order valence-corrected chi connectivity index (χ0v) is 16.9. The summed E-state index contributed by atoms with van der Waals surface area (Å²) in [5, 5.41) is 9.75. The average molecular weight is 397 g/mol. The largest absolute Gasteiger partial charge is 0.341 e. The Morgan fingerprint density at radius 1 is 0.966 bits per heavy atom. The van der Waals surface area contributed by atoms with E-state index in [1.807, 2.05) is 29.8 Å². The van der Waals surface area contributed by atoms with Gasteiger partial charge in [0.2, 0.25) is 5.13 Å². The molecule has 3 aromatic carbocycles. The molecule has 0 saturated carbocycles. The molecule has 0 fully saturated rings. The molecule has 5 aromatic rings. The fourth-order valence-electron chi connectivity index (χ4n) is 3.72. The molecule has 1 N–H and O–H groups in total. The highest BCUT2D eigenvalue weighted by Crippen LogP contribution is 2.29. The third-order valence-electron chi connectivity index (χ3n) is 5.06. The van der Waals surface area contributed by atoms with Crippen LogP contribution in [0.3, 0.4) is 0 Å². The molecular formula is C24H20N4S. The minimum Gasteiger partial charge on any atom is -0.341 e. The van der Waals surface area contributed by atoms with E-state index in [-0.39, 0.29) is 0 Å². The third kappa shape index (κ3) is 3.30. The molecule has 0 aliphatic rings. The number of hydrazone groups is 1. The molecule has 4 nitrogen and oxygen atoms in total. The SMILES string of the molecule is CCn1c2ccccc2c2cc(/C=N/Nc3nc(-c4ccccc4)cs3)ccc21. The van der Waals surface area contributed by atoms with Gasteiger partial charge in [0.25, 0.3) is 0 Å². The number of nitrogens with zero attached hydrogens (tertiary/aromatic N) is 3. The van der Waals surface area contributed by atoms with Gasteiger partial charge in [-0.1, -0.05) is 54.6 Å². The highest BCUT2D eigenvalue weighted by Gasteiger charge is 2.09. The smallest absolute Gasteiger partial charge is 0.203 e. The van der Waals surface area contributed by atoms with E-state index in [1.54, 1.807) is 11.3 Å². The van der Waals surface area contributed by atoms with Crippen LogP contribution in [-0.2, 0) is 6.54 Å². The van der Waals surface area contributed by atoms with Crippen LogP contribution >= 0.6 is 11.3 Å². The summed E-state index contributed by atoms with van der Waals surface area (Å²) in [6, 6.07) is 25.2. The molecule has 0 saturated heterocycles. The van der Waals surface area contributed by atoms with Crippen LogP contribution in [0, 0.1) is 0 Å². The number of rotatable bonds is 5. The van der Waals surface area contributed by atoms with Crippen molar-refractivity contribution in [3.05, 3.63) is 83.7 Å². The van der Waals surface area contributed by atoms with Gasteiger partial charge in [0.05, 0.1) is 11.9 Å². The highest BCUT2D eigenvalue weighted by atomic mass is 32.1. The predicted octanol–water partition coefficient (Wildman–Crippen LogP) is 6.38. The van der Waals surface area contributed by atoms with Crippen LogP contribution in [0.15, 0.2) is 83.3 Å². The fraction of sp³-hybridized carbons (Fsp3) is 0.0833. The first kappa shape index (κ1) is 17.6. The summed E-state index contributed by atoms with van der Waals surface area (Å²) < 4.78 is 2.35. The molecule has 0 aliphatic heterocycles. The highest BCUT2D eigenvalue weighted by molar-refractivity contribution is 7.14. The van der Waals surface area contributed by atoms with Gasteiger partial charge in [-0.05, 0) is 30.7 Å². The Balaban J connectivity index is 1.40. The van der Waals surface area contributed by atoms with Crippen molar-refractivity contribution in [2.24, 2.45) is 5.10 Å². The molecule has 0 amide bonds. The molecule has 142 valence electrons. The predicted molar refractivity (Wildman–Crippen MR) is 124 cm³/mol. The van der Waals surface area contributed by atoms with Gasteiger partial charge in [-0.25, -0.2) is 4.98 Å². The van der Waals surface area contributed by atoms with Crippen LogP contribution in [0.1, 0.15) is 12.5 Å². The third-order valence-corrected chi connectivity index (χ3v) is 5.81. The minimum absolute atomic E-state index is 0.781. The second-order valence-electron chi connectivity index (χ2n) is 6.81. The number of hydrogen-bond donors (Lipinski definition) is 1. The number of anilines is 1. The van der Waals surface area contributed by atoms with E-state index < -0.39 is 0 Å². The average Bonchev–Trinajstić information content (AvgIpc) is 3.37. The molecule has 0 aliphatic carbocycles. The zero-order chi connectivity index (χ0) is 19.6. The number of aryl methyl sites for hydroxylation is 1. The molecule has 5 rings (SSSR count). The van der Waals surface area contributed by atoms with Gasteiger partial charge in [-0.3, -0.25) is 5.43 Å². The van der Waals surface area contributed by atoms with Crippen LogP contribution in [0.25, 0.3) is 33.1 Å². The summed E-state index contributed by atoms with van der Waals surface area (Å²) in [7, 11) is 0. The van der Waals surface area contributed by atoms with E-state index in [1.165, 1.54) is 21.8 Å². The van der Waals surface area contributed by atoms with Crippen molar-refractivity contribution < 1.29 is 0 Å². The van der Waals surface area contributed by atoms with Gasteiger partial charge in [-0.2, -0.15) is 5.10 Å². The summed E-state index contributed by atoms with van der Waals surface area (Å²) in [5.41, 5.74) is 8.71. The Bertz CT molecular complexity index is 1320. The lowest BCUT2D eigenvalue weighted by molar-refractivity contribution is 0.827. The van der Waals surface area contributed by atoms with Gasteiger partial charge in [0, 0.05) is 39.3 Å². The van der Waals surface area contributed by atoms with Crippen LogP contribution in [-0.4, -0.2) is 15.8 Å². The molecule has 2 aromatic heterocycles. The molecule has 5 heteroatoms. The van der Waals surface area contributed by atoms with Gasteiger partial charge in [0.15, 0.2) is 0 Å². The van der Waals surface area contributed by atoms with E-state index in [0.29, 0.717) is 0 Å².